The number of fused-ring (bicyclic) bond motifs is 1. The predicted molar refractivity (Wildman–Crippen MR) is 159 cm³/mol. The van der Waals surface area contributed by atoms with Gasteiger partial charge in [0.1, 0.15) is 5.75 Å². The highest BCUT2D eigenvalue weighted by molar-refractivity contribution is 8.16. The topological polar surface area (TPSA) is 95.9 Å². The Morgan fingerprint density at radius 1 is 1.10 bits per heavy atom. The molecule has 0 aliphatic carbocycles. The summed E-state index contributed by atoms with van der Waals surface area (Å²) in [6, 6.07) is 19.8. The Morgan fingerprint density at radius 3 is 2.65 bits per heavy atom. The third-order valence-electron chi connectivity index (χ3n) is 6.53. The smallest absolute Gasteiger partial charge is 0.255 e. The number of methoxy groups -OCH3 is 1. The largest absolute Gasteiger partial charge is 0.497 e. The van der Waals surface area contributed by atoms with Crippen LogP contribution in [0, 0.1) is 0 Å². The standard InChI is InChI=1S/C30H28ClN5O3S/c1-19-27(29(38)35-23-9-11-25(39-2)12-10-23)28(20-6-5-7-21(31)16-20)36-24(18-40-30(36)34-19)17-26(37)33-15-13-22-8-3-4-14-32-22/h3-12,14,16,18,28H,13,15,17H2,1-2H3,(H,33,37)(H,35,38). The number of amides is 2. The van der Waals surface area contributed by atoms with Gasteiger partial charge >= 0.3 is 0 Å². The van der Waals surface area contributed by atoms with Crippen LogP contribution in [0.4, 0.5) is 5.69 Å². The third kappa shape index (κ3) is 6.21. The maximum atomic E-state index is 13.8. The number of aliphatic imine (C=N–C) groups is 1. The number of benzene rings is 2. The minimum Gasteiger partial charge on any atom is -0.497 e. The van der Waals surface area contributed by atoms with Gasteiger partial charge in [-0.3, -0.25) is 14.6 Å². The van der Waals surface area contributed by atoms with E-state index in [-0.39, 0.29) is 18.2 Å². The van der Waals surface area contributed by atoms with Crippen LogP contribution in [0.3, 0.4) is 0 Å². The lowest BCUT2D eigenvalue weighted by atomic mass is 9.93. The molecule has 1 unspecified atom stereocenters. The van der Waals surface area contributed by atoms with Crippen molar-refractivity contribution < 1.29 is 14.3 Å². The van der Waals surface area contributed by atoms with E-state index in [2.05, 4.69) is 15.6 Å². The first-order valence-corrected chi connectivity index (χ1v) is 14.0. The van der Waals surface area contributed by atoms with Crippen LogP contribution in [-0.4, -0.2) is 40.5 Å². The van der Waals surface area contributed by atoms with Crippen molar-refractivity contribution in [3.05, 3.63) is 112 Å². The van der Waals surface area contributed by atoms with E-state index >= 15 is 0 Å². The molecule has 0 spiro atoms. The molecule has 2 N–H and O–H groups in total. The number of ether oxygens (including phenoxy) is 1. The molecule has 3 aromatic rings. The van der Waals surface area contributed by atoms with E-state index in [4.69, 9.17) is 21.3 Å². The molecule has 0 bridgehead atoms. The zero-order valence-electron chi connectivity index (χ0n) is 22.1. The number of pyridine rings is 1. The molecule has 40 heavy (non-hydrogen) atoms. The fraction of sp³-hybridized carbons (Fsp3) is 0.200. The van der Waals surface area contributed by atoms with E-state index in [0.29, 0.717) is 45.9 Å². The van der Waals surface area contributed by atoms with Gasteiger partial charge in [0.2, 0.25) is 5.91 Å². The van der Waals surface area contributed by atoms with E-state index in [1.807, 2.05) is 53.6 Å². The molecule has 3 heterocycles. The molecule has 8 nitrogen and oxygen atoms in total. The summed E-state index contributed by atoms with van der Waals surface area (Å²) in [5.74, 6) is 0.287. The Balaban J connectivity index is 1.38. The van der Waals surface area contributed by atoms with Crippen LogP contribution in [0.2, 0.25) is 5.02 Å². The number of anilines is 1. The Hall–Kier alpha value is -4.08. The van der Waals surface area contributed by atoms with Crippen LogP contribution in [0.15, 0.2) is 100 Å². The molecule has 2 aliphatic heterocycles. The lowest BCUT2D eigenvalue weighted by molar-refractivity contribution is -0.120. The highest BCUT2D eigenvalue weighted by atomic mass is 35.5. The van der Waals surface area contributed by atoms with Gasteiger partial charge in [-0.25, -0.2) is 4.99 Å². The summed E-state index contributed by atoms with van der Waals surface area (Å²) < 4.78 is 5.23. The summed E-state index contributed by atoms with van der Waals surface area (Å²) >= 11 is 7.83. The van der Waals surface area contributed by atoms with Crippen LogP contribution < -0.4 is 15.4 Å². The highest BCUT2D eigenvalue weighted by Gasteiger charge is 2.40. The van der Waals surface area contributed by atoms with Gasteiger partial charge in [0, 0.05) is 41.3 Å². The second-order valence-electron chi connectivity index (χ2n) is 9.23. The zero-order valence-corrected chi connectivity index (χ0v) is 23.6. The summed E-state index contributed by atoms with van der Waals surface area (Å²) in [5.41, 5.74) is 4.20. The van der Waals surface area contributed by atoms with E-state index in [0.717, 1.165) is 17.0 Å². The Kier molecular flexibility index (Phi) is 8.52. The van der Waals surface area contributed by atoms with Gasteiger partial charge < -0.3 is 20.3 Å². The highest BCUT2D eigenvalue weighted by Crippen LogP contribution is 2.45. The van der Waals surface area contributed by atoms with Gasteiger partial charge in [-0.05, 0) is 66.4 Å². The molecule has 0 saturated heterocycles. The lowest BCUT2D eigenvalue weighted by Gasteiger charge is -2.36. The number of nitrogens with zero attached hydrogens (tertiary/aromatic N) is 3. The quantitative estimate of drug-likeness (QED) is 0.341. The molecular weight excluding hydrogens is 546 g/mol. The summed E-state index contributed by atoms with van der Waals surface area (Å²) in [6.45, 7) is 2.30. The van der Waals surface area contributed by atoms with Crippen molar-refractivity contribution in [2.24, 2.45) is 4.99 Å². The molecule has 1 aromatic heterocycles. The molecule has 204 valence electrons. The first kappa shape index (κ1) is 27.5. The molecule has 0 radical (unpaired) electrons. The Bertz CT molecular complexity index is 1510. The zero-order chi connectivity index (χ0) is 28.1. The molecule has 0 fully saturated rings. The monoisotopic (exact) mass is 573 g/mol. The molecule has 2 amide bonds. The SMILES string of the molecule is COc1ccc(NC(=O)C2=C(C)N=C3SC=C(CC(=O)NCCc4ccccn4)N3C2c2cccc(Cl)c2)cc1. The normalized spacial score (nSPS) is 16.2. The summed E-state index contributed by atoms with van der Waals surface area (Å²) in [5, 5.41) is 9.16. The van der Waals surface area contributed by atoms with Gasteiger partial charge in [-0.1, -0.05) is 41.6 Å². The summed E-state index contributed by atoms with van der Waals surface area (Å²) in [4.78, 5) is 37.7. The summed E-state index contributed by atoms with van der Waals surface area (Å²) in [6.07, 6.45) is 2.51. The van der Waals surface area contributed by atoms with Crippen molar-refractivity contribution in [1.29, 1.82) is 0 Å². The van der Waals surface area contributed by atoms with Gasteiger partial charge in [-0.2, -0.15) is 0 Å². The number of allylic oxidation sites excluding steroid dienone is 1. The number of hydrogen-bond acceptors (Lipinski definition) is 7. The lowest BCUT2D eigenvalue weighted by Crippen LogP contribution is -2.39. The fourth-order valence-corrected chi connectivity index (χ4v) is 5.79. The number of aromatic nitrogens is 1. The van der Waals surface area contributed by atoms with Gasteiger partial charge in [0.05, 0.1) is 30.8 Å². The second-order valence-corrected chi connectivity index (χ2v) is 10.5. The molecule has 2 aromatic carbocycles. The maximum absolute atomic E-state index is 13.8. The van der Waals surface area contributed by atoms with Crippen LogP contribution in [-0.2, 0) is 16.0 Å². The fourth-order valence-electron chi connectivity index (χ4n) is 4.63. The number of carbonyl (C=O) groups is 2. The molecule has 0 saturated carbocycles. The van der Waals surface area contributed by atoms with Crippen LogP contribution in [0.1, 0.15) is 30.6 Å². The third-order valence-corrected chi connectivity index (χ3v) is 7.65. The van der Waals surface area contributed by atoms with Crippen molar-refractivity contribution in [2.45, 2.75) is 25.8 Å². The van der Waals surface area contributed by atoms with Crippen molar-refractivity contribution in [3.63, 3.8) is 0 Å². The number of rotatable bonds is 9. The van der Waals surface area contributed by atoms with Gasteiger partial charge in [-0.15, -0.1) is 0 Å². The minimum absolute atomic E-state index is 0.121. The number of carbonyl (C=O) groups excluding carboxylic acids is 2. The van der Waals surface area contributed by atoms with Crippen LogP contribution in [0.5, 0.6) is 5.75 Å². The van der Waals surface area contributed by atoms with Crippen molar-refractivity contribution in [2.75, 3.05) is 19.0 Å². The predicted octanol–water partition coefficient (Wildman–Crippen LogP) is 5.71. The second kappa shape index (κ2) is 12.4. The maximum Gasteiger partial charge on any atom is 0.255 e. The van der Waals surface area contributed by atoms with Gasteiger partial charge in [0.15, 0.2) is 5.17 Å². The average molecular weight is 574 g/mol. The van der Waals surface area contributed by atoms with Crippen molar-refractivity contribution >= 4 is 46.0 Å². The molecule has 1 atom stereocenters. The molecular formula is C30H28ClN5O3S. The number of nitrogens with one attached hydrogen (secondary N) is 2. The van der Waals surface area contributed by atoms with E-state index in [1.54, 1.807) is 43.6 Å². The first-order valence-electron chi connectivity index (χ1n) is 12.7. The van der Waals surface area contributed by atoms with Crippen LogP contribution in [0.25, 0.3) is 0 Å². The van der Waals surface area contributed by atoms with Gasteiger partial charge in [0.25, 0.3) is 5.91 Å². The number of amidine groups is 1. The van der Waals surface area contributed by atoms with E-state index in [9.17, 15) is 9.59 Å². The summed E-state index contributed by atoms with van der Waals surface area (Å²) in [7, 11) is 1.59. The van der Waals surface area contributed by atoms with Crippen molar-refractivity contribution in [1.82, 2.24) is 15.2 Å². The number of thioether (sulfide) groups is 1. The molecule has 2 aliphatic rings. The Morgan fingerprint density at radius 2 is 1.93 bits per heavy atom. The van der Waals surface area contributed by atoms with Crippen molar-refractivity contribution in [3.8, 4) is 5.75 Å². The molecule has 10 heteroatoms. The Labute approximate surface area is 242 Å². The average Bonchev–Trinajstić information content (AvgIpc) is 3.34. The number of hydrogen-bond donors (Lipinski definition) is 2. The number of halogens is 1. The first-order chi connectivity index (χ1) is 19.4. The van der Waals surface area contributed by atoms with Crippen LogP contribution >= 0.6 is 23.4 Å². The van der Waals surface area contributed by atoms with E-state index in [1.165, 1.54) is 11.8 Å². The molecule has 5 rings (SSSR count). The van der Waals surface area contributed by atoms with E-state index < -0.39 is 6.04 Å². The minimum atomic E-state index is -0.521.